The van der Waals surface area contributed by atoms with Gasteiger partial charge >= 0.3 is 0 Å². The number of ether oxygens (including phenoxy) is 1. The number of aromatic hydroxyl groups is 1. The van der Waals surface area contributed by atoms with E-state index in [1.165, 1.54) is 6.07 Å². The van der Waals surface area contributed by atoms with Crippen LogP contribution in [0, 0.1) is 5.82 Å². The van der Waals surface area contributed by atoms with Crippen LogP contribution < -0.4 is 10.5 Å². The van der Waals surface area contributed by atoms with Gasteiger partial charge in [-0.2, -0.15) is 4.98 Å². The van der Waals surface area contributed by atoms with Crippen molar-refractivity contribution in [2.75, 3.05) is 12.3 Å². The molecule has 7 nitrogen and oxygen atoms in total. The number of benzene rings is 2. The molecule has 25 heavy (non-hydrogen) atoms. The maximum absolute atomic E-state index is 14.4. The predicted molar refractivity (Wildman–Crippen MR) is 88.9 cm³/mol. The van der Waals surface area contributed by atoms with Gasteiger partial charge in [0.25, 0.3) is 6.01 Å². The van der Waals surface area contributed by atoms with Crippen LogP contribution in [0.1, 0.15) is 6.42 Å². The number of phenols is 1. The molecule has 1 aliphatic rings. The molecule has 0 saturated heterocycles. The molecule has 0 unspecified atom stereocenters. The Morgan fingerprint density at radius 3 is 3.00 bits per heavy atom. The maximum atomic E-state index is 14.4. The molecular formula is C17H13FN4O3. The van der Waals surface area contributed by atoms with E-state index in [1.54, 1.807) is 12.1 Å². The van der Waals surface area contributed by atoms with Crippen molar-refractivity contribution in [2.24, 2.45) is 0 Å². The summed E-state index contributed by atoms with van der Waals surface area (Å²) in [4.78, 5) is 8.55. The van der Waals surface area contributed by atoms with Gasteiger partial charge in [0.1, 0.15) is 28.1 Å². The molecule has 0 atom stereocenters. The number of oxazole rings is 1. The highest BCUT2D eigenvalue weighted by Gasteiger charge is 2.24. The molecular weight excluding hydrogens is 327 g/mol. The predicted octanol–water partition coefficient (Wildman–Crippen LogP) is 3.05. The average molecular weight is 340 g/mol. The summed E-state index contributed by atoms with van der Waals surface area (Å²) >= 11 is 0. The number of imidazole rings is 1. The van der Waals surface area contributed by atoms with Crippen molar-refractivity contribution < 1.29 is 18.7 Å². The first kappa shape index (κ1) is 14.1. The maximum Gasteiger partial charge on any atom is 0.292 e. The van der Waals surface area contributed by atoms with E-state index >= 15 is 0 Å². The monoisotopic (exact) mass is 340 g/mol. The SMILES string of the molecule is Nc1nc2cc(-c3nc4c(F)c(O)cc5c4n3CCCO5)ccc2o1. The van der Waals surface area contributed by atoms with Gasteiger partial charge in [-0.3, -0.25) is 0 Å². The third-order valence-electron chi connectivity index (χ3n) is 4.35. The number of halogens is 1. The summed E-state index contributed by atoms with van der Waals surface area (Å²) in [6, 6.07) is 6.75. The van der Waals surface area contributed by atoms with Crippen LogP contribution in [0.3, 0.4) is 0 Å². The minimum Gasteiger partial charge on any atom is -0.505 e. The van der Waals surface area contributed by atoms with E-state index in [0.717, 1.165) is 12.0 Å². The van der Waals surface area contributed by atoms with E-state index < -0.39 is 11.6 Å². The first-order valence-corrected chi connectivity index (χ1v) is 7.83. The summed E-state index contributed by atoms with van der Waals surface area (Å²) in [5.74, 6) is -0.219. The Labute approximate surface area is 140 Å². The number of rotatable bonds is 1. The number of aryl methyl sites for hydroxylation is 1. The first-order chi connectivity index (χ1) is 12.1. The summed E-state index contributed by atoms with van der Waals surface area (Å²) in [7, 11) is 0. The van der Waals surface area contributed by atoms with E-state index in [0.29, 0.717) is 41.3 Å². The molecule has 5 rings (SSSR count). The summed E-state index contributed by atoms with van der Waals surface area (Å²) in [6.45, 7) is 1.11. The molecule has 3 heterocycles. The summed E-state index contributed by atoms with van der Waals surface area (Å²) in [5.41, 5.74) is 8.15. The lowest BCUT2D eigenvalue weighted by Crippen LogP contribution is -2.01. The Balaban J connectivity index is 1.82. The zero-order valence-electron chi connectivity index (χ0n) is 13.0. The van der Waals surface area contributed by atoms with Crippen molar-refractivity contribution in [1.29, 1.82) is 0 Å². The number of hydrogen-bond donors (Lipinski definition) is 2. The lowest BCUT2D eigenvalue weighted by molar-refractivity contribution is 0.313. The Bertz CT molecular complexity index is 1150. The van der Waals surface area contributed by atoms with Crippen molar-refractivity contribution in [3.8, 4) is 22.9 Å². The van der Waals surface area contributed by atoms with Crippen LogP contribution in [-0.2, 0) is 6.54 Å². The lowest BCUT2D eigenvalue weighted by atomic mass is 10.2. The largest absolute Gasteiger partial charge is 0.505 e. The van der Waals surface area contributed by atoms with Gasteiger partial charge in [-0.05, 0) is 24.6 Å². The molecule has 0 bridgehead atoms. The van der Waals surface area contributed by atoms with E-state index in [2.05, 4.69) is 9.97 Å². The van der Waals surface area contributed by atoms with Crippen LogP contribution in [0.2, 0.25) is 0 Å². The van der Waals surface area contributed by atoms with Crippen LogP contribution in [-0.4, -0.2) is 26.2 Å². The molecule has 2 aromatic heterocycles. The normalized spacial score (nSPS) is 14.0. The molecule has 1 aliphatic heterocycles. The third-order valence-corrected chi connectivity index (χ3v) is 4.35. The zero-order chi connectivity index (χ0) is 17.1. The summed E-state index contributed by atoms with van der Waals surface area (Å²) < 4.78 is 27.3. The Hall–Kier alpha value is -3.29. The van der Waals surface area contributed by atoms with Crippen molar-refractivity contribution in [3.63, 3.8) is 0 Å². The van der Waals surface area contributed by atoms with Gasteiger partial charge in [0.15, 0.2) is 17.1 Å². The second kappa shape index (κ2) is 4.85. The smallest absolute Gasteiger partial charge is 0.292 e. The van der Waals surface area contributed by atoms with Crippen molar-refractivity contribution in [3.05, 3.63) is 30.1 Å². The highest BCUT2D eigenvalue weighted by Crippen LogP contribution is 2.38. The molecule has 0 fully saturated rings. The van der Waals surface area contributed by atoms with Crippen molar-refractivity contribution in [2.45, 2.75) is 13.0 Å². The third kappa shape index (κ3) is 1.97. The van der Waals surface area contributed by atoms with Crippen LogP contribution in [0.4, 0.5) is 10.4 Å². The highest BCUT2D eigenvalue weighted by molar-refractivity contribution is 5.89. The molecule has 3 N–H and O–H groups in total. The molecule has 0 radical (unpaired) electrons. The fraction of sp³-hybridized carbons (Fsp3) is 0.176. The number of fused-ring (bicyclic) bond motifs is 1. The standard InChI is InChI=1S/C17H13FN4O3/c18-13-10(23)7-12-15-14(13)21-16(22(15)4-1-5-24-12)8-2-3-11-9(6-8)20-17(19)25-11/h2-3,6-7,23H,1,4-5H2,(H2,19,20). The van der Waals surface area contributed by atoms with Gasteiger partial charge in [0, 0.05) is 18.2 Å². The van der Waals surface area contributed by atoms with E-state index in [-0.39, 0.29) is 11.5 Å². The number of phenolic OH excluding ortho intramolecular Hbond substituents is 1. The van der Waals surface area contributed by atoms with Crippen LogP contribution >= 0.6 is 0 Å². The van der Waals surface area contributed by atoms with E-state index in [4.69, 9.17) is 14.9 Å². The average Bonchev–Trinajstić information content (AvgIpc) is 3.08. The van der Waals surface area contributed by atoms with E-state index in [1.807, 2.05) is 10.6 Å². The topological polar surface area (TPSA) is 99.3 Å². The molecule has 126 valence electrons. The van der Waals surface area contributed by atoms with Gasteiger partial charge in [0.05, 0.1) is 6.61 Å². The number of hydrogen-bond acceptors (Lipinski definition) is 6. The van der Waals surface area contributed by atoms with Crippen molar-refractivity contribution in [1.82, 2.24) is 14.5 Å². The van der Waals surface area contributed by atoms with Gasteiger partial charge in [-0.25, -0.2) is 9.37 Å². The van der Waals surface area contributed by atoms with Gasteiger partial charge < -0.3 is 24.6 Å². The van der Waals surface area contributed by atoms with Gasteiger partial charge in [-0.15, -0.1) is 0 Å². The number of nitrogens with zero attached hydrogens (tertiary/aromatic N) is 3. The molecule has 8 heteroatoms. The molecule has 0 spiro atoms. The molecule has 0 aliphatic carbocycles. The fourth-order valence-corrected chi connectivity index (χ4v) is 3.27. The molecule has 4 aromatic rings. The minimum atomic E-state index is -0.754. The van der Waals surface area contributed by atoms with Gasteiger partial charge in [0.2, 0.25) is 0 Å². The van der Waals surface area contributed by atoms with Crippen LogP contribution in [0.15, 0.2) is 28.7 Å². The Morgan fingerprint density at radius 2 is 2.12 bits per heavy atom. The van der Waals surface area contributed by atoms with Gasteiger partial charge in [-0.1, -0.05) is 0 Å². The zero-order valence-corrected chi connectivity index (χ0v) is 13.0. The molecule has 0 saturated carbocycles. The minimum absolute atomic E-state index is 0.0882. The van der Waals surface area contributed by atoms with Crippen LogP contribution in [0.25, 0.3) is 33.5 Å². The second-order valence-electron chi connectivity index (χ2n) is 5.93. The number of aromatic nitrogens is 3. The fourth-order valence-electron chi connectivity index (χ4n) is 3.27. The lowest BCUT2D eigenvalue weighted by Gasteiger charge is -2.07. The van der Waals surface area contributed by atoms with Crippen molar-refractivity contribution >= 4 is 28.1 Å². The Kier molecular flexibility index (Phi) is 2.74. The summed E-state index contributed by atoms with van der Waals surface area (Å²) in [6.07, 6.45) is 0.745. The molecule has 2 aromatic carbocycles. The second-order valence-corrected chi connectivity index (χ2v) is 5.93. The highest BCUT2D eigenvalue weighted by atomic mass is 19.1. The quantitative estimate of drug-likeness (QED) is 0.552. The summed E-state index contributed by atoms with van der Waals surface area (Å²) in [5, 5.41) is 9.82. The van der Waals surface area contributed by atoms with E-state index in [9.17, 15) is 9.50 Å². The Morgan fingerprint density at radius 1 is 1.24 bits per heavy atom. The molecule has 0 amide bonds. The first-order valence-electron chi connectivity index (χ1n) is 7.83. The number of nitrogens with two attached hydrogens (primary N) is 1. The number of anilines is 1. The van der Waals surface area contributed by atoms with Crippen LogP contribution in [0.5, 0.6) is 11.5 Å². The number of nitrogen functional groups attached to an aromatic ring is 1.